The molecule has 0 bridgehead atoms. The van der Waals surface area contributed by atoms with Gasteiger partial charge in [-0.05, 0) is 36.6 Å². The molecule has 7 nitrogen and oxygen atoms in total. The fourth-order valence-electron chi connectivity index (χ4n) is 3.71. The summed E-state index contributed by atoms with van der Waals surface area (Å²) in [5, 5.41) is 4.11. The van der Waals surface area contributed by atoms with Crippen LogP contribution in [0.1, 0.15) is 13.3 Å². The Balaban J connectivity index is 1.58. The van der Waals surface area contributed by atoms with Crippen LogP contribution < -0.4 is 9.64 Å². The Morgan fingerprint density at radius 3 is 2.73 bits per heavy atom. The number of benzene rings is 2. The Bertz CT molecular complexity index is 1130. The zero-order valence-corrected chi connectivity index (χ0v) is 16.6. The smallest absolute Gasteiger partial charge is 0.260 e. The monoisotopic (exact) mass is 399 g/mol. The molecule has 150 valence electrons. The normalized spacial score (nSPS) is 16.0. The zero-order valence-electron chi connectivity index (χ0n) is 16.6. The molecule has 1 fully saturated rings. The molecule has 2 aromatic carbocycles. The molecule has 2 aromatic heterocycles. The van der Waals surface area contributed by atoms with Crippen LogP contribution in [0.3, 0.4) is 0 Å². The summed E-state index contributed by atoms with van der Waals surface area (Å²) in [4.78, 5) is 15.3. The van der Waals surface area contributed by atoms with E-state index in [0.29, 0.717) is 23.3 Å². The van der Waals surface area contributed by atoms with Gasteiger partial charge in [0.1, 0.15) is 11.4 Å². The first kappa shape index (κ1) is 18.3. The van der Waals surface area contributed by atoms with E-state index in [0.717, 1.165) is 42.3 Å². The highest BCUT2D eigenvalue weighted by Crippen LogP contribution is 2.42. The fraction of sp³-hybridized carbons (Fsp3) is 0.217. The topological polar surface area (TPSA) is 77.2 Å². The van der Waals surface area contributed by atoms with Crippen molar-refractivity contribution in [1.82, 2.24) is 20.1 Å². The Labute approximate surface area is 174 Å². The quantitative estimate of drug-likeness (QED) is 0.475. The van der Waals surface area contributed by atoms with Crippen molar-refractivity contribution in [1.29, 1.82) is 0 Å². The van der Waals surface area contributed by atoms with Gasteiger partial charge in [0, 0.05) is 25.5 Å². The molecular formula is C23H21N5O2. The maximum atomic E-state index is 6.26. The predicted molar refractivity (Wildman–Crippen MR) is 113 cm³/mol. The molecule has 0 saturated carbocycles. The Morgan fingerprint density at radius 2 is 1.97 bits per heavy atom. The van der Waals surface area contributed by atoms with Crippen LogP contribution in [-0.4, -0.2) is 33.2 Å². The summed E-state index contributed by atoms with van der Waals surface area (Å²) in [6, 6.07) is 15.7. The van der Waals surface area contributed by atoms with Crippen molar-refractivity contribution in [3.05, 3.63) is 67.1 Å². The third-order valence-corrected chi connectivity index (χ3v) is 5.16. The summed E-state index contributed by atoms with van der Waals surface area (Å²) in [5.74, 6) is 3.01. The van der Waals surface area contributed by atoms with Gasteiger partial charge in [-0.2, -0.15) is 4.98 Å². The molecule has 0 spiro atoms. The van der Waals surface area contributed by atoms with Crippen molar-refractivity contribution >= 4 is 5.69 Å². The van der Waals surface area contributed by atoms with E-state index < -0.39 is 0 Å². The number of para-hydroxylation sites is 2. The van der Waals surface area contributed by atoms with Crippen LogP contribution >= 0.6 is 0 Å². The number of anilines is 1. The number of nitrogens with zero attached hydrogens (tertiary/aromatic N) is 5. The standard InChI is InChI=1S/C23H21N5O2/c1-16-10-13-28(15-16)21-18(8-5-9-20(21)29-17-6-3-2-4-7-17)23-26-22(27-30-23)19-14-24-11-12-25-19/h2-9,11-12,14,16H,10,13,15H2,1H3. The number of hydrogen-bond acceptors (Lipinski definition) is 7. The molecule has 0 N–H and O–H groups in total. The van der Waals surface area contributed by atoms with Crippen LogP contribution in [0.5, 0.6) is 11.5 Å². The van der Waals surface area contributed by atoms with E-state index in [-0.39, 0.29) is 0 Å². The third kappa shape index (κ3) is 3.61. The predicted octanol–water partition coefficient (Wildman–Crippen LogP) is 4.83. The lowest BCUT2D eigenvalue weighted by Crippen LogP contribution is -2.20. The average molecular weight is 399 g/mol. The van der Waals surface area contributed by atoms with E-state index in [1.54, 1.807) is 18.6 Å². The van der Waals surface area contributed by atoms with Gasteiger partial charge in [-0.3, -0.25) is 4.98 Å². The molecule has 1 atom stereocenters. The van der Waals surface area contributed by atoms with Gasteiger partial charge in [-0.25, -0.2) is 4.98 Å². The number of rotatable bonds is 5. The van der Waals surface area contributed by atoms with Crippen LogP contribution in [0, 0.1) is 5.92 Å². The number of ether oxygens (including phenoxy) is 1. The van der Waals surface area contributed by atoms with Gasteiger partial charge in [-0.1, -0.05) is 36.3 Å². The van der Waals surface area contributed by atoms with Crippen LogP contribution in [0.25, 0.3) is 23.0 Å². The minimum absolute atomic E-state index is 0.410. The summed E-state index contributed by atoms with van der Waals surface area (Å²) < 4.78 is 11.9. The molecule has 1 saturated heterocycles. The van der Waals surface area contributed by atoms with E-state index in [1.165, 1.54) is 0 Å². The molecule has 0 amide bonds. The second kappa shape index (κ2) is 7.94. The second-order valence-electron chi connectivity index (χ2n) is 7.42. The van der Waals surface area contributed by atoms with Crippen molar-refractivity contribution in [3.8, 4) is 34.5 Å². The van der Waals surface area contributed by atoms with E-state index in [4.69, 9.17) is 9.26 Å². The molecular weight excluding hydrogens is 378 g/mol. The highest BCUT2D eigenvalue weighted by atomic mass is 16.5. The minimum atomic E-state index is 0.410. The van der Waals surface area contributed by atoms with Gasteiger partial charge in [0.15, 0.2) is 5.75 Å². The summed E-state index contributed by atoms with van der Waals surface area (Å²) in [7, 11) is 0. The molecule has 30 heavy (non-hydrogen) atoms. The first-order chi connectivity index (χ1) is 14.8. The van der Waals surface area contributed by atoms with Crippen molar-refractivity contribution in [2.24, 2.45) is 5.92 Å². The van der Waals surface area contributed by atoms with Crippen molar-refractivity contribution < 1.29 is 9.26 Å². The lowest BCUT2D eigenvalue weighted by atomic mass is 10.1. The van der Waals surface area contributed by atoms with Crippen LogP contribution in [0.4, 0.5) is 5.69 Å². The van der Waals surface area contributed by atoms with Crippen LogP contribution in [0.2, 0.25) is 0 Å². The first-order valence-corrected chi connectivity index (χ1v) is 9.99. The molecule has 5 rings (SSSR count). The molecule has 4 aromatic rings. The Kier molecular flexibility index (Phi) is 4.85. The van der Waals surface area contributed by atoms with Gasteiger partial charge in [0.05, 0.1) is 17.4 Å². The third-order valence-electron chi connectivity index (χ3n) is 5.16. The Morgan fingerprint density at radius 1 is 1.07 bits per heavy atom. The van der Waals surface area contributed by atoms with E-state index in [9.17, 15) is 0 Å². The van der Waals surface area contributed by atoms with Gasteiger partial charge in [0.25, 0.3) is 5.89 Å². The SMILES string of the molecule is CC1CCN(c2c(Oc3ccccc3)cccc2-c2nc(-c3cnccn3)no2)C1. The van der Waals surface area contributed by atoms with Crippen molar-refractivity contribution in [2.45, 2.75) is 13.3 Å². The molecule has 1 aliphatic rings. The molecule has 7 heteroatoms. The minimum Gasteiger partial charge on any atom is -0.455 e. The van der Waals surface area contributed by atoms with Crippen LogP contribution in [-0.2, 0) is 0 Å². The maximum absolute atomic E-state index is 6.26. The highest BCUT2D eigenvalue weighted by molar-refractivity contribution is 5.80. The summed E-state index contributed by atoms with van der Waals surface area (Å²) in [5.41, 5.74) is 2.39. The summed E-state index contributed by atoms with van der Waals surface area (Å²) in [6.45, 7) is 4.17. The van der Waals surface area contributed by atoms with Gasteiger partial charge < -0.3 is 14.2 Å². The molecule has 1 unspecified atom stereocenters. The maximum Gasteiger partial charge on any atom is 0.260 e. The average Bonchev–Trinajstić information content (AvgIpc) is 3.44. The second-order valence-corrected chi connectivity index (χ2v) is 7.42. The number of hydrogen-bond donors (Lipinski definition) is 0. The van der Waals surface area contributed by atoms with Crippen LogP contribution in [0.15, 0.2) is 71.6 Å². The highest BCUT2D eigenvalue weighted by Gasteiger charge is 2.27. The molecule has 0 radical (unpaired) electrons. The van der Waals surface area contributed by atoms with E-state index in [2.05, 4.69) is 31.9 Å². The first-order valence-electron chi connectivity index (χ1n) is 9.99. The Hall–Kier alpha value is -3.74. The number of aromatic nitrogens is 4. The summed E-state index contributed by atoms with van der Waals surface area (Å²) in [6.07, 6.45) is 5.97. The van der Waals surface area contributed by atoms with Gasteiger partial charge in [0.2, 0.25) is 5.82 Å². The van der Waals surface area contributed by atoms with Gasteiger partial charge in [-0.15, -0.1) is 0 Å². The zero-order chi connectivity index (χ0) is 20.3. The van der Waals surface area contributed by atoms with Crippen molar-refractivity contribution in [3.63, 3.8) is 0 Å². The van der Waals surface area contributed by atoms with E-state index >= 15 is 0 Å². The van der Waals surface area contributed by atoms with Gasteiger partial charge >= 0.3 is 0 Å². The lowest BCUT2D eigenvalue weighted by Gasteiger charge is -2.23. The fourth-order valence-corrected chi connectivity index (χ4v) is 3.71. The summed E-state index contributed by atoms with van der Waals surface area (Å²) >= 11 is 0. The van der Waals surface area contributed by atoms with E-state index in [1.807, 2.05) is 48.5 Å². The molecule has 0 aliphatic carbocycles. The lowest BCUT2D eigenvalue weighted by molar-refractivity contribution is 0.431. The molecule has 1 aliphatic heterocycles. The molecule has 3 heterocycles. The largest absolute Gasteiger partial charge is 0.455 e. The van der Waals surface area contributed by atoms with Crippen molar-refractivity contribution in [2.75, 3.05) is 18.0 Å².